The zero-order chi connectivity index (χ0) is 22.6. The van der Waals surface area contributed by atoms with Crippen LogP contribution in [-0.4, -0.2) is 56.6 Å². The van der Waals surface area contributed by atoms with Crippen molar-refractivity contribution in [3.8, 4) is 0 Å². The molecule has 1 fully saturated rings. The summed E-state index contributed by atoms with van der Waals surface area (Å²) in [5, 5.41) is 2.99. The molecule has 2 heterocycles. The van der Waals surface area contributed by atoms with Crippen molar-refractivity contribution < 1.29 is 18.0 Å². The minimum atomic E-state index is -3.65. The van der Waals surface area contributed by atoms with E-state index < -0.39 is 21.7 Å². The van der Waals surface area contributed by atoms with Gasteiger partial charge in [-0.3, -0.25) is 14.6 Å². The van der Waals surface area contributed by atoms with E-state index in [9.17, 15) is 18.0 Å². The Morgan fingerprint density at radius 1 is 1.16 bits per heavy atom. The second kappa shape index (κ2) is 9.13. The number of nitrogens with one attached hydrogen (secondary N) is 1. The van der Waals surface area contributed by atoms with E-state index >= 15 is 0 Å². The topological polar surface area (TPSA) is 161 Å². The highest BCUT2D eigenvalue weighted by molar-refractivity contribution is 7.90. The van der Waals surface area contributed by atoms with E-state index in [1.807, 2.05) is 4.90 Å². The highest BCUT2D eigenvalue weighted by Gasteiger charge is 2.26. The SMILES string of the molecule is CS(=O)(=O)c1cc(C(=O)N=C(N)N)ccc1N1CCCC(NC(=O)c2ccncc2)C1. The van der Waals surface area contributed by atoms with Crippen LogP contribution in [0.4, 0.5) is 5.69 Å². The first-order chi connectivity index (χ1) is 14.6. The fourth-order valence-corrected chi connectivity index (χ4v) is 4.39. The summed E-state index contributed by atoms with van der Waals surface area (Å²) in [6, 6.07) is 7.42. The molecule has 0 bridgehead atoms. The second-order valence-corrected chi connectivity index (χ2v) is 9.28. The van der Waals surface area contributed by atoms with Crippen molar-refractivity contribution in [2.75, 3.05) is 24.2 Å². The van der Waals surface area contributed by atoms with Gasteiger partial charge in [0.1, 0.15) is 0 Å². The van der Waals surface area contributed by atoms with Gasteiger partial charge in [-0.1, -0.05) is 0 Å². The van der Waals surface area contributed by atoms with Crippen LogP contribution in [0.2, 0.25) is 0 Å². The van der Waals surface area contributed by atoms with Gasteiger partial charge in [0.15, 0.2) is 15.8 Å². The van der Waals surface area contributed by atoms with Crippen LogP contribution in [0.25, 0.3) is 0 Å². The molecule has 11 heteroatoms. The number of carbonyl (C=O) groups is 2. The fraction of sp³-hybridized carbons (Fsp3) is 0.300. The summed E-state index contributed by atoms with van der Waals surface area (Å²) in [7, 11) is -3.65. The Hall–Kier alpha value is -3.47. The van der Waals surface area contributed by atoms with Crippen molar-refractivity contribution in [1.82, 2.24) is 10.3 Å². The van der Waals surface area contributed by atoms with Gasteiger partial charge < -0.3 is 21.7 Å². The van der Waals surface area contributed by atoms with Crippen LogP contribution in [-0.2, 0) is 9.84 Å². The molecule has 1 aromatic carbocycles. The van der Waals surface area contributed by atoms with E-state index in [2.05, 4.69) is 15.3 Å². The Morgan fingerprint density at radius 2 is 1.87 bits per heavy atom. The molecule has 2 amide bonds. The lowest BCUT2D eigenvalue weighted by atomic mass is 10.0. The molecular weight excluding hydrogens is 420 g/mol. The number of nitrogens with zero attached hydrogens (tertiary/aromatic N) is 3. The van der Waals surface area contributed by atoms with E-state index in [0.717, 1.165) is 19.1 Å². The van der Waals surface area contributed by atoms with Crippen LogP contribution in [0.1, 0.15) is 33.6 Å². The molecule has 31 heavy (non-hydrogen) atoms. The highest BCUT2D eigenvalue weighted by Crippen LogP contribution is 2.29. The number of sulfone groups is 1. The predicted molar refractivity (Wildman–Crippen MR) is 117 cm³/mol. The number of piperidine rings is 1. The number of nitrogens with two attached hydrogens (primary N) is 2. The molecule has 2 aromatic rings. The monoisotopic (exact) mass is 444 g/mol. The average Bonchev–Trinajstić information content (AvgIpc) is 2.73. The first-order valence-electron chi connectivity index (χ1n) is 9.59. The lowest BCUT2D eigenvalue weighted by molar-refractivity contribution is 0.0932. The number of carbonyl (C=O) groups excluding carboxylic acids is 2. The van der Waals surface area contributed by atoms with Gasteiger partial charge in [0.2, 0.25) is 0 Å². The molecule has 0 spiro atoms. The number of hydrogen-bond donors (Lipinski definition) is 3. The summed E-state index contributed by atoms with van der Waals surface area (Å²) >= 11 is 0. The van der Waals surface area contributed by atoms with Gasteiger partial charge in [-0.05, 0) is 43.2 Å². The van der Waals surface area contributed by atoms with Crippen molar-refractivity contribution in [3.05, 3.63) is 53.9 Å². The first-order valence-corrected chi connectivity index (χ1v) is 11.5. The number of benzene rings is 1. The molecule has 0 radical (unpaired) electrons. The van der Waals surface area contributed by atoms with Gasteiger partial charge in [0.05, 0.1) is 10.6 Å². The molecule has 1 saturated heterocycles. The van der Waals surface area contributed by atoms with Crippen LogP contribution in [0, 0.1) is 0 Å². The maximum atomic E-state index is 12.5. The Bertz CT molecular complexity index is 1110. The third-order valence-corrected chi connectivity index (χ3v) is 6.00. The zero-order valence-corrected chi connectivity index (χ0v) is 17.8. The molecule has 1 unspecified atom stereocenters. The number of aliphatic imine (C=N–C) groups is 1. The van der Waals surface area contributed by atoms with Gasteiger partial charge in [0, 0.05) is 48.9 Å². The number of anilines is 1. The number of amides is 2. The smallest absolute Gasteiger partial charge is 0.280 e. The Balaban J connectivity index is 1.84. The standard InChI is InChI=1S/C20H24N6O4S/c1-31(29,30)17-11-14(19(28)25-20(21)22)4-5-16(17)26-10-2-3-15(12-26)24-18(27)13-6-8-23-9-7-13/h4-9,11,15H,2-3,10,12H2,1H3,(H,24,27)(H4,21,22,25,28). The van der Waals surface area contributed by atoms with Crippen molar-refractivity contribution >= 4 is 33.3 Å². The number of pyridine rings is 1. The summed E-state index contributed by atoms with van der Waals surface area (Å²) in [6.45, 7) is 1.05. The Labute approximate surface area is 180 Å². The third kappa shape index (κ3) is 5.57. The summed E-state index contributed by atoms with van der Waals surface area (Å²) in [4.78, 5) is 33.9. The summed E-state index contributed by atoms with van der Waals surface area (Å²) in [6.07, 6.45) is 5.70. The molecule has 5 N–H and O–H groups in total. The molecular formula is C20H24N6O4S. The minimum Gasteiger partial charge on any atom is -0.370 e. The molecule has 1 aromatic heterocycles. The van der Waals surface area contributed by atoms with Gasteiger partial charge >= 0.3 is 0 Å². The molecule has 1 aliphatic heterocycles. The van der Waals surface area contributed by atoms with Gasteiger partial charge in [0.25, 0.3) is 11.8 Å². The first kappa shape index (κ1) is 22.2. The molecule has 1 atom stereocenters. The van der Waals surface area contributed by atoms with Gasteiger partial charge in [-0.2, -0.15) is 4.99 Å². The normalized spacial score (nSPS) is 16.4. The molecule has 0 saturated carbocycles. The van der Waals surface area contributed by atoms with Gasteiger partial charge in [-0.25, -0.2) is 8.42 Å². The number of hydrogen-bond acceptors (Lipinski definition) is 6. The van der Waals surface area contributed by atoms with E-state index in [0.29, 0.717) is 24.3 Å². The van der Waals surface area contributed by atoms with Crippen molar-refractivity contribution in [2.45, 2.75) is 23.8 Å². The van der Waals surface area contributed by atoms with Crippen molar-refractivity contribution in [1.29, 1.82) is 0 Å². The molecule has 10 nitrogen and oxygen atoms in total. The fourth-order valence-electron chi connectivity index (χ4n) is 3.47. The lowest BCUT2D eigenvalue weighted by Crippen LogP contribution is -2.48. The van der Waals surface area contributed by atoms with E-state index in [-0.39, 0.29) is 22.4 Å². The molecule has 0 aliphatic carbocycles. The van der Waals surface area contributed by atoms with Crippen molar-refractivity contribution in [3.63, 3.8) is 0 Å². The van der Waals surface area contributed by atoms with Crippen LogP contribution < -0.4 is 21.7 Å². The van der Waals surface area contributed by atoms with Crippen LogP contribution >= 0.6 is 0 Å². The summed E-state index contributed by atoms with van der Waals surface area (Å²) in [5.74, 6) is -1.34. The predicted octanol–water partition coefficient (Wildman–Crippen LogP) is 0.298. The second-order valence-electron chi connectivity index (χ2n) is 7.29. The van der Waals surface area contributed by atoms with E-state index in [1.54, 1.807) is 30.6 Å². The van der Waals surface area contributed by atoms with Gasteiger partial charge in [-0.15, -0.1) is 0 Å². The zero-order valence-electron chi connectivity index (χ0n) is 17.0. The number of guanidine groups is 1. The summed E-state index contributed by atoms with van der Waals surface area (Å²) in [5.41, 5.74) is 11.5. The maximum absolute atomic E-state index is 12.5. The molecule has 1 aliphatic rings. The summed E-state index contributed by atoms with van der Waals surface area (Å²) < 4.78 is 24.9. The Morgan fingerprint density at radius 3 is 2.52 bits per heavy atom. The lowest BCUT2D eigenvalue weighted by Gasteiger charge is -2.35. The van der Waals surface area contributed by atoms with Crippen LogP contribution in [0.15, 0.2) is 52.6 Å². The number of rotatable bonds is 5. The maximum Gasteiger partial charge on any atom is 0.280 e. The largest absolute Gasteiger partial charge is 0.370 e. The van der Waals surface area contributed by atoms with E-state index in [1.165, 1.54) is 12.1 Å². The van der Waals surface area contributed by atoms with E-state index in [4.69, 9.17) is 11.5 Å². The van der Waals surface area contributed by atoms with Crippen LogP contribution in [0.5, 0.6) is 0 Å². The number of aromatic nitrogens is 1. The Kier molecular flexibility index (Phi) is 6.54. The molecule has 164 valence electrons. The highest BCUT2D eigenvalue weighted by atomic mass is 32.2. The third-order valence-electron chi connectivity index (χ3n) is 4.88. The molecule has 3 rings (SSSR count). The quantitative estimate of drug-likeness (QED) is 0.438. The van der Waals surface area contributed by atoms with Crippen molar-refractivity contribution in [2.24, 2.45) is 16.5 Å². The van der Waals surface area contributed by atoms with Crippen LogP contribution in [0.3, 0.4) is 0 Å². The average molecular weight is 445 g/mol. The minimum absolute atomic E-state index is 0.00486.